The molecule has 1 aromatic rings. The standard InChI is InChI=1S/C16H24N4O3.C2HF3O2/c1-11(2)9-13(21)19-6-3-16(4-7-19)15-18-5-8-20(15)10-12(23-16)14(17)22;3-2(4,5)1(6)7/h5,8,11-12H,3-4,6-7,9-10H2,1-2H3,(H2,17,22);(H,6,7). The Morgan fingerprint density at radius 2 is 1.90 bits per heavy atom. The zero-order valence-electron chi connectivity index (χ0n) is 16.7. The molecule has 3 heterocycles. The summed E-state index contributed by atoms with van der Waals surface area (Å²) in [7, 11) is 0. The van der Waals surface area contributed by atoms with Crippen molar-refractivity contribution in [1.82, 2.24) is 14.5 Å². The number of alkyl halides is 3. The predicted octanol–water partition coefficient (Wildman–Crippen LogP) is 1.26. The van der Waals surface area contributed by atoms with Crippen LogP contribution in [0.3, 0.4) is 0 Å². The lowest BCUT2D eigenvalue weighted by Gasteiger charge is -2.45. The summed E-state index contributed by atoms with van der Waals surface area (Å²) in [6.45, 7) is 5.72. The molecule has 3 N–H and O–H groups in total. The zero-order chi connectivity index (χ0) is 22.7. The number of imidazole rings is 1. The smallest absolute Gasteiger partial charge is 0.475 e. The lowest BCUT2D eigenvalue weighted by Crippen LogP contribution is -2.54. The van der Waals surface area contributed by atoms with Crippen molar-refractivity contribution in [2.24, 2.45) is 11.7 Å². The van der Waals surface area contributed by atoms with Gasteiger partial charge >= 0.3 is 12.1 Å². The van der Waals surface area contributed by atoms with Crippen LogP contribution < -0.4 is 5.73 Å². The summed E-state index contributed by atoms with van der Waals surface area (Å²) in [4.78, 5) is 39.1. The molecule has 1 saturated heterocycles. The first-order valence-electron chi connectivity index (χ1n) is 9.42. The Hall–Kier alpha value is -2.63. The van der Waals surface area contributed by atoms with Crippen LogP contribution in [0, 0.1) is 5.92 Å². The van der Waals surface area contributed by atoms with Crippen LogP contribution in [0.15, 0.2) is 12.4 Å². The number of hydrogen-bond donors (Lipinski definition) is 2. The molecule has 1 spiro atoms. The van der Waals surface area contributed by atoms with Gasteiger partial charge in [-0.2, -0.15) is 13.2 Å². The third kappa shape index (κ3) is 5.49. The molecule has 0 radical (unpaired) electrons. The molecule has 2 amide bonds. The lowest BCUT2D eigenvalue weighted by atomic mass is 9.88. The molecule has 9 nitrogen and oxygen atoms in total. The van der Waals surface area contributed by atoms with E-state index in [4.69, 9.17) is 20.4 Å². The lowest BCUT2D eigenvalue weighted by molar-refractivity contribution is -0.192. The largest absolute Gasteiger partial charge is 0.490 e. The van der Waals surface area contributed by atoms with E-state index in [0.717, 1.165) is 5.82 Å². The Bertz CT molecular complexity index is 785. The average molecular weight is 434 g/mol. The molecule has 2 aliphatic rings. The Morgan fingerprint density at radius 3 is 2.37 bits per heavy atom. The van der Waals surface area contributed by atoms with Gasteiger partial charge in [0.1, 0.15) is 11.4 Å². The number of rotatable bonds is 3. The second-order valence-corrected chi connectivity index (χ2v) is 7.69. The summed E-state index contributed by atoms with van der Waals surface area (Å²) in [5, 5.41) is 7.12. The molecule has 1 fully saturated rings. The fourth-order valence-corrected chi connectivity index (χ4v) is 3.48. The van der Waals surface area contributed by atoms with Crippen LogP contribution in [0.1, 0.15) is 38.9 Å². The van der Waals surface area contributed by atoms with Gasteiger partial charge in [0.25, 0.3) is 0 Å². The zero-order valence-corrected chi connectivity index (χ0v) is 16.7. The molecule has 2 aliphatic heterocycles. The average Bonchev–Trinajstić information content (AvgIpc) is 3.11. The second-order valence-electron chi connectivity index (χ2n) is 7.69. The van der Waals surface area contributed by atoms with Gasteiger partial charge in [-0.05, 0) is 5.92 Å². The molecule has 0 aromatic carbocycles. The number of primary amides is 1. The van der Waals surface area contributed by atoms with Gasteiger partial charge in [0.15, 0.2) is 6.10 Å². The number of nitrogens with zero attached hydrogens (tertiary/aromatic N) is 3. The number of aliphatic carboxylic acids is 1. The highest BCUT2D eigenvalue weighted by Gasteiger charge is 2.47. The number of carboxylic acids is 1. The van der Waals surface area contributed by atoms with Crippen molar-refractivity contribution >= 4 is 17.8 Å². The quantitative estimate of drug-likeness (QED) is 0.737. The number of carbonyl (C=O) groups is 3. The Morgan fingerprint density at radius 1 is 1.33 bits per heavy atom. The van der Waals surface area contributed by atoms with Gasteiger partial charge in [-0.1, -0.05) is 13.8 Å². The highest BCUT2D eigenvalue weighted by Crippen LogP contribution is 2.40. The van der Waals surface area contributed by atoms with Gasteiger partial charge in [-0.15, -0.1) is 0 Å². The fraction of sp³-hybridized carbons (Fsp3) is 0.667. The SMILES string of the molecule is CC(C)CC(=O)N1CCC2(CC1)OC(C(N)=O)Cn1ccnc12.O=C(O)C(F)(F)F. The van der Waals surface area contributed by atoms with Crippen molar-refractivity contribution in [1.29, 1.82) is 0 Å². The van der Waals surface area contributed by atoms with Crippen molar-refractivity contribution < 1.29 is 37.4 Å². The first-order valence-corrected chi connectivity index (χ1v) is 9.42. The van der Waals surface area contributed by atoms with Crippen molar-refractivity contribution in [3.8, 4) is 0 Å². The molecule has 1 aromatic heterocycles. The highest BCUT2D eigenvalue weighted by molar-refractivity contribution is 5.79. The number of nitrogens with two attached hydrogens (primary N) is 1. The van der Waals surface area contributed by atoms with Crippen molar-refractivity contribution in [2.75, 3.05) is 13.1 Å². The third-order valence-electron chi connectivity index (χ3n) is 4.92. The van der Waals surface area contributed by atoms with Crippen LogP contribution in [0.25, 0.3) is 0 Å². The maximum atomic E-state index is 12.2. The van der Waals surface area contributed by atoms with Crippen molar-refractivity contribution in [3.05, 3.63) is 18.2 Å². The number of amides is 2. The molecule has 1 atom stereocenters. The molecule has 168 valence electrons. The van der Waals surface area contributed by atoms with Gasteiger partial charge in [-0.3, -0.25) is 9.59 Å². The second kappa shape index (κ2) is 9.02. The number of hydrogen-bond acceptors (Lipinski definition) is 5. The molecular formula is C18H25F3N4O5. The minimum atomic E-state index is -5.08. The molecule has 3 rings (SSSR count). The normalized spacial score (nSPS) is 20.3. The fourth-order valence-electron chi connectivity index (χ4n) is 3.48. The van der Waals surface area contributed by atoms with Gasteiger partial charge in [0, 0.05) is 44.7 Å². The summed E-state index contributed by atoms with van der Waals surface area (Å²) < 4.78 is 39.8. The van der Waals surface area contributed by atoms with Crippen LogP contribution in [-0.2, 0) is 31.3 Å². The highest BCUT2D eigenvalue weighted by atomic mass is 19.4. The maximum Gasteiger partial charge on any atom is 0.490 e. The van der Waals surface area contributed by atoms with Crippen LogP contribution in [0.4, 0.5) is 13.2 Å². The van der Waals surface area contributed by atoms with E-state index in [-0.39, 0.29) is 5.91 Å². The van der Waals surface area contributed by atoms with Crippen molar-refractivity contribution in [2.45, 2.75) is 57.5 Å². The first kappa shape index (κ1) is 23.6. The Labute approximate surface area is 171 Å². The molecule has 0 bridgehead atoms. The molecule has 30 heavy (non-hydrogen) atoms. The maximum absolute atomic E-state index is 12.2. The van der Waals surface area contributed by atoms with Gasteiger partial charge < -0.3 is 25.0 Å². The van der Waals surface area contributed by atoms with Gasteiger partial charge in [-0.25, -0.2) is 9.78 Å². The van der Waals surface area contributed by atoms with Gasteiger partial charge in [0.2, 0.25) is 11.8 Å². The van der Waals surface area contributed by atoms with Crippen LogP contribution in [-0.4, -0.2) is 62.7 Å². The van der Waals surface area contributed by atoms with Crippen LogP contribution >= 0.6 is 0 Å². The number of halogens is 3. The molecule has 12 heteroatoms. The number of ether oxygens (including phenoxy) is 1. The van der Waals surface area contributed by atoms with E-state index in [1.807, 2.05) is 29.5 Å². The minimum Gasteiger partial charge on any atom is -0.475 e. The molecule has 0 saturated carbocycles. The van der Waals surface area contributed by atoms with E-state index in [9.17, 15) is 22.8 Å². The number of piperidine rings is 1. The first-order chi connectivity index (χ1) is 13.9. The monoisotopic (exact) mass is 434 g/mol. The molecular weight excluding hydrogens is 409 g/mol. The van der Waals surface area contributed by atoms with E-state index in [2.05, 4.69) is 4.98 Å². The number of carbonyl (C=O) groups excluding carboxylic acids is 2. The van der Waals surface area contributed by atoms with Gasteiger partial charge in [0.05, 0.1) is 6.54 Å². The Kier molecular flexibility index (Phi) is 7.11. The molecule has 0 aliphatic carbocycles. The third-order valence-corrected chi connectivity index (χ3v) is 4.92. The summed E-state index contributed by atoms with van der Waals surface area (Å²) in [5.74, 6) is -1.84. The van der Waals surface area contributed by atoms with Crippen LogP contribution in [0.5, 0.6) is 0 Å². The minimum absolute atomic E-state index is 0.181. The van der Waals surface area contributed by atoms with Crippen molar-refractivity contribution in [3.63, 3.8) is 0 Å². The number of fused-ring (bicyclic) bond motifs is 2. The number of aromatic nitrogens is 2. The van der Waals surface area contributed by atoms with E-state index in [1.165, 1.54) is 0 Å². The number of carboxylic acid groups (broad SMARTS) is 1. The predicted molar refractivity (Wildman–Crippen MR) is 96.9 cm³/mol. The summed E-state index contributed by atoms with van der Waals surface area (Å²) in [5.41, 5.74) is 4.84. The topological polar surface area (TPSA) is 128 Å². The molecule has 1 unspecified atom stereocenters. The van der Waals surface area contributed by atoms with E-state index >= 15 is 0 Å². The Balaban J connectivity index is 0.000000396. The number of likely N-dealkylation sites (tertiary alicyclic amines) is 1. The van der Waals surface area contributed by atoms with E-state index in [0.29, 0.717) is 44.8 Å². The summed E-state index contributed by atoms with van der Waals surface area (Å²) >= 11 is 0. The van der Waals surface area contributed by atoms with E-state index < -0.39 is 29.8 Å². The van der Waals surface area contributed by atoms with Crippen LogP contribution in [0.2, 0.25) is 0 Å². The summed E-state index contributed by atoms with van der Waals surface area (Å²) in [6.07, 6.45) is -0.317. The summed E-state index contributed by atoms with van der Waals surface area (Å²) in [6, 6.07) is 0. The van der Waals surface area contributed by atoms with E-state index in [1.54, 1.807) is 6.20 Å².